The molecule has 9 heteroatoms. The number of carbonyl (C=O) groups is 1. The van der Waals surface area contributed by atoms with Crippen molar-refractivity contribution in [3.05, 3.63) is 63.8 Å². The number of amides is 1. The molecule has 2 aliphatic rings. The Morgan fingerprint density at radius 1 is 1.10 bits per heavy atom. The molecule has 2 aliphatic heterocycles. The molecule has 0 aliphatic carbocycles. The van der Waals surface area contributed by atoms with Crippen molar-refractivity contribution < 1.29 is 9.18 Å². The number of aromatic nitrogens is 4. The van der Waals surface area contributed by atoms with Gasteiger partial charge in [0.05, 0.1) is 27.7 Å². The smallest absolute Gasteiger partial charge is 0.256 e. The Morgan fingerprint density at radius 2 is 1.97 bits per heavy atom. The summed E-state index contributed by atoms with van der Waals surface area (Å²) in [6.07, 6.45) is 4.34. The van der Waals surface area contributed by atoms with Gasteiger partial charge >= 0.3 is 0 Å². The predicted octanol–water partition coefficient (Wildman–Crippen LogP) is 4.54. The van der Waals surface area contributed by atoms with Crippen LogP contribution < -0.4 is 0 Å². The Kier molecular flexibility index (Phi) is 4.52. The van der Waals surface area contributed by atoms with E-state index in [4.69, 9.17) is 23.2 Å². The Bertz CT molecular complexity index is 1100. The molecule has 148 valence electrons. The molecule has 1 fully saturated rings. The summed E-state index contributed by atoms with van der Waals surface area (Å²) in [6.45, 7) is 0.572. The number of piperidine rings is 1. The van der Waals surface area contributed by atoms with E-state index in [9.17, 15) is 9.18 Å². The monoisotopic (exact) mass is 431 g/mol. The zero-order valence-electron chi connectivity index (χ0n) is 15.2. The van der Waals surface area contributed by atoms with E-state index in [1.54, 1.807) is 6.20 Å². The third-order valence-electron chi connectivity index (χ3n) is 5.61. The highest BCUT2D eigenvalue weighted by molar-refractivity contribution is 6.44. The van der Waals surface area contributed by atoms with Crippen molar-refractivity contribution in [2.24, 2.45) is 0 Å². The summed E-state index contributed by atoms with van der Waals surface area (Å²) in [7, 11) is 0. The second-order valence-electron chi connectivity index (χ2n) is 7.24. The van der Waals surface area contributed by atoms with E-state index in [0.29, 0.717) is 12.4 Å². The molecule has 2 unspecified atom stereocenters. The van der Waals surface area contributed by atoms with Crippen molar-refractivity contribution in [1.82, 2.24) is 24.6 Å². The molecule has 5 rings (SSSR count). The van der Waals surface area contributed by atoms with E-state index >= 15 is 0 Å². The Hall–Kier alpha value is -2.51. The van der Waals surface area contributed by atoms with Crippen LogP contribution in [0.1, 0.15) is 41.5 Å². The fourth-order valence-corrected chi connectivity index (χ4v) is 4.69. The first-order valence-corrected chi connectivity index (χ1v) is 10.1. The maximum absolute atomic E-state index is 13.7. The van der Waals surface area contributed by atoms with Crippen LogP contribution in [0.5, 0.6) is 0 Å². The van der Waals surface area contributed by atoms with Crippen molar-refractivity contribution in [2.45, 2.75) is 37.9 Å². The third kappa shape index (κ3) is 2.91. The highest BCUT2D eigenvalue weighted by Crippen LogP contribution is 2.41. The molecular formula is C20H16Cl2FN5O. The number of benzene rings is 1. The molecular weight excluding hydrogens is 416 g/mol. The maximum Gasteiger partial charge on any atom is 0.256 e. The molecule has 0 spiro atoms. The minimum Gasteiger partial charge on any atom is -0.324 e. The van der Waals surface area contributed by atoms with Gasteiger partial charge < -0.3 is 9.47 Å². The molecule has 4 heterocycles. The lowest BCUT2D eigenvalue weighted by Crippen LogP contribution is -2.52. The van der Waals surface area contributed by atoms with Crippen LogP contribution >= 0.6 is 23.2 Å². The van der Waals surface area contributed by atoms with Crippen LogP contribution in [0.4, 0.5) is 4.39 Å². The summed E-state index contributed by atoms with van der Waals surface area (Å²) in [6, 6.07) is 7.95. The average Bonchev–Trinajstić information content (AvgIpc) is 3.15. The molecule has 1 aromatic carbocycles. The van der Waals surface area contributed by atoms with Crippen molar-refractivity contribution >= 4 is 29.1 Å². The van der Waals surface area contributed by atoms with Gasteiger partial charge in [-0.3, -0.25) is 9.78 Å². The van der Waals surface area contributed by atoms with E-state index in [-0.39, 0.29) is 33.6 Å². The normalized spacial score (nSPS) is 20.4. The van der Waals surface area contributed by atoms with Gasteiger partial charge in [0.15, 0.2) is 11.6 Å². The lowest BCUT2D eigenvalue weighted by molar-refractivity contribution is 0.0289. The average molecular weight is 432 g/mol. The van der Waals surface area contributed by atoms with Crippen LogP contribution in [-0.2, 0) is 6.54 Å². The molecule has 2 atom stereocenters. The van der Waals surface area contributed by atoms with Gasteiger partial charge in [0.1, 0.15) is 11.5 Å². The minimum absolute atomic E-state index is 0.0351. The second-order valence-corrected chi connectivity index (χ2v) is 8.00. The summed E-state index contributed by atoms with van der Waals surface area (Å²) >= 11 is 12.1. The molecule has 3 aromatic rings. The highest BCUT2D eigenvalue weighted by Gasteiger charge is 2.43. The van der Waals surface area contributed by atoms with Crippen LogP contribution in [0.3, 0.4) is 0 Å². The molecule has 0 saturated carbocycles. The van der Waals surface area contributed by atoms with E-state index in [0.717, 1.165) is 30.8 Å². The third-order valence-corrected chi connectivity index (χ3v) is 6.47. The molecule has 2 bridgehead atoms. The molecule has 0 radical (unpaired) electrons. The largest absolute Gasteiger partial charge is 0.324 e. The van der Waals surface area contributed by atoms with Gasteiger partial charge in [0.25, 0.3) is 5.91 Å². The molecule has 1 amide bonds. The van der Waals surface area contributed by atoms with Gasteiger partial charge in [-0.2, -0.15) is 0 Å². The fraction of sp³-hybridized carbons (Fsp3) is 0.300. The Morgan fingerprint density at radius 3 is 2.76 bits per heavy atom. The SMILES string of the molecule is O=C(c1ccc(F)c(Cl)c1Cl)N1C2CCCC1c1nnc(-c3ccccn3)n1C2. The minimum atomic E-state index is -0.646. The highest BCUT2D eigenvalue weighted by atomic mass is 35.5. The summed E-state index contributed by atoms with van der Waals surface area (Å²) in [5, 5.41) is 8.45. The summed E-state index contributed by atoms with van der Waals surface area (Å²) in [4.78, 5) is 19.6. The molecule has 6 nitrogen and oxygen atoms in total. The van der Waals surface area contributed by atoms with Gasteiger partial charge in [-0.25, -0.2) is 4.39 Å². The second kappa shape index (κ2) is 7.07. The van der Waals surface area contributed by atoms with Crippen molar-refractivity contribution in [3.8, 4) is 11.5 Å². The van der Waals surface area contributed by atoms with Crippen LogP contribution in [0, 0.1) is 5.82 Å². The first kappa shape index (κ1) is 18.5. The fourth-order valence-electron chi connectivity index (χ4n) is 4.29. The first-order chi connectivity index (χ1) is 14.1. The molecule has 29 heavy (non-hydrogen) atoms. The number of halogens is 3. The summed E-state index contributed by atoms with van der Waals surface area (Å²) in [5.41, 5.74) is 0.949. The number of rotatable bonds is 2. The zero-order valence-corrected chi connectivity index (χ0v) is 16.7. The number of fused-ring (bicyclic) bond motifs is 4. The van der Waals surface area contributed by atoms with Gasteiger partial charge in [-0.05, 0) is 43.5 Å². The van der Waals surface area contributed by atoms with Gasteiger partial charge in [0.2, 0.25) is 0 Å². The standard InChI is InChI=1S/C20H16Cl2FN5O/c21-16-12(7-8-13(23)17(16)22)20(29)28-11-4-3-6-15(28)19-26-25-18(27(19)10-11)14-5-1-2-9-24-14/h1-2,5,7-9,11,15H,3-4,6,10H2. The molecule has 1 saturated heterocycles. The quantitative estimate of drug-likeness (QED) is 0.558. The summed E-state index contributed by atoms with van der Waals surface area (Å²) in [5.74, 6) is 0.527. The maximum atomic E-state index is 13.7. The molecule has 0 N–H and O–H groups in total. The van der Waals surface area contributed by atoms with Crippen molar-refractivity contribution in [1.29, 1.82) is 0 Å². The Labute approximate surface area is 176 Å². The van der Waals surface area contributed by atoms with Crippen LogP contribution in [0.15, 0.2) is 36.5 Å². The number of hydrogen-bond donors (Lipinski definition) is 0. The number of nitrogens with zero attached hydrogens (tertiary/aromatic N) is 5. The van der Waals surface area contributed by atoms with Crippen LogP contribution in [0.25, 0.3) is 11.5 Å². The van der Waals surface area contributed by atoms with Crippen LogP contribution in [-0.4, -0.2) is 36.6 Å². The summed E-state index contributed by atoms with van der Waals surface area (Å²) < 4.78 is 15.7. The van der Waals surface area contributed by atoms with E-state index in [1.165, 1.54) is 12.1 Å². The lowest BCUT2D eigenvalue weighted by Gasteiger charge is -2.45. The molecule has 2 aromatic heterocycles. The zero-order chi connectivity index (χ0) is 20.1. The van der Waals surface area contributed by atoms with E-state index in [2.05, 4.69) is 19.7 Å². The predicted molar refractivity (Wildman–Crippen MR) is 106 cm³/mol. The van der Waals surface area contributed by atoms with E-state index in [1.807, 2.05) is 23.1 Å². The van der Waals surface area contributed by atoms with Crippen molar-refractivity contribution in [2.75, 3.05) is 0 Å². The van der Waals surface area contributed by atoms with Crippen LogP contribution in [0.2, 0.25) is 10.0 Å². The number of carbonyl (C=O) groups excluding carboxylic acids is 1. The van der Waals surface area contributed by atoms with Gasteiger partial charge in [0, 0.05) is 12.7 Å². The topological polar surface area (TPSA) is 63.9 Å². The number of hydrogen-bond acceptors (Lipinski definition) is 4. The van der Waals surface area contributed by atoms with Gasteiger partial charge in [-0.1, -0.05) is 29.3 Å². The number of pyridine rings is 1. The van der Waals surface area contributed by atoms with Gasteiger partial charge in [-0.15, -0.1) is 10.2 Å². The van der Waals surface area contributed by atoms with Crippen molar-refractivity contribution in [3.63, 3.8) is 0 Å². The Balaban J connectivity index is 1.56. The van der Waals surface area contributed by atoms with E-state index < -0.39 is 5.82 Å². The lowest BCUT2D eigenvalue weighted by atomic mass is 9.91. The first-order valence-electron chi connectivity index (χ1n) is 9.37.